The number of carbonyl (C=O) groups excluding carboxylic acids is 2. The molecule has 8 heteroatoms. The first kappa shape index (κ1) is 19.6. The number of halogens is 3. The zero-order valence-corrected chi connectivity index (χ0v) is 15.6. The number of benzene rings is 2. The molecular weight excluding hydrogens is 395 g/mol. The highest BCUT2D eigenvalue weighted by molar-refractivity contribution is 6.05. The lowest BCUT2D eigenvalue weighted by atomic mass is 9.98. The maximum atomic E-state index is 13.0. The fourth-order valence-corrected chi connectivity index (χ4v) is 3.38. The lowest BCUT2D eigenvalue weighted by Gasteiger charge is -2.19. The normalized spacial score (nSPS) is 13.4. The van der Waals surface area contributed by atoms with Crippen LogP contribution >= 0.6 is 0 Å². The van der Waals surface area contributed by atoms with Gasteiger partial charge < -0.3 is 10.6 Å². The molecule has 2 N–H and O–H groups in total. The number of carbonyl (C=O) groups is 2. The highest BCUT2D eigenvalue weighted by Crippen LogP contribution is 2.32. The van der Waals surface area contributed by atoms with Crippen molar-refractivity contribution < 1.29 is 22.8 Å². The Bertz CT molecular complexity index is 1140. The van der Waals surface area contributed by atoms with Crippen molar-refractivity contribution in [1.29, 1.82) is 0 Å². The van der Waals surface area contributed by atoms with Crippen LogP contribution in [-0.4, -0.2) is 23.3 Å². The molecule has 0 unspecified atom stereocenters. The van der Waals surface area contributed by atoms with E-state index in [0.717, 1.165) is 17.7 Å². The van der Waals surface area contributed by atoms with Gasteiger partial charge in [-0.3, -0.25) is 14.6 Å². The van der Waals surface area contributed by atoms with Crippen molar-refractivity contribution in [3.8, 4) is 11.1 Å². The highest BCUT2D eigenvalue weighted by atomic mass is 19.4. The van der Waals surface area contributed by atoms with Crippen molar-refractivity contribution in [2.24, 2.45) is 0 Å². The molecule has 0 aliphatic carbocycles. The monoisotopic (exact) mass is 411 g/mol. The first-order valence-electron chi connectivity index (χ1n) is 9.18. The fourth-order valence-electron chi connectivity index (χ4n) is 3.38. The second kappa shape index (κ2) is 7.62. The Morgan fingerprint density at radius 3 is 2.60 bits per heavy atom. The summed E-state index contributed by atoms with van der Waals surface area (Å²) in [4.78, 5) is 28.8. The summed E-state index contributed by atoms with van der Waals surface area (Å²) in [5, 5.41) is 5.51. The van der Waals surface area contributed by atoms with E-state index in [1.165, 1.54) is 18.3 Å². The zero-order valence-electron chi connectivity index (χ0n) is 15.6. The van der Waals surface area contributed by atoms with Gasteiger partial charge in [-0.1, -0.05) is 18.2 Å². The van der Waals surface area contributed by atoms with Gasteiger partial charge in [-0.15, -0.1) is 0 Å². The number of alkyl halides is 3. The van der Waals surface area contributed by atoms with Gasteiger partial charge in [0.2, 0.25) is 0 Å². The molecule has 3 aromatic rings. The predicted octanol–water partition coefficient (Wildman–Crippen LogP) is 4.31. The molecule has 2 aromatic carbocycles. The third kappa shape index (κ3) is 3.89. The Morgan fingerprint density at radius 1 is 1.03 bits per heavy atom. The van der Waals surface area contributed by atoms with E-state index in [4.69, 9.17) is 0 Å². The minimum absolute atomic E-state index is 0.0581. The summed E-state index contributed by atoms with van der Waals surface area (Å²) in [7, 11) is 0. The topological polar surface area (TPSA) is 71.1 Å². The maximum Gasteiger partial charge on any atom is 0.416 e. The summed E-state index contributed by atoms with van der Waals surface area (Å²) in [5.41, 5.74) is 1.82. The maximum absolute atomic E-state index is 13.0. The minimum atomic E-state index is -4.46. The number of aromatic nitrogens is 1. The largest absolute Gasteiger partial charge is 0.416 e. The van der Waals surface area contributed by atoms with Gasteiger partial charge >= 0.3 is 6.18 Å². The molecule has 2 heterocycles. The molecule has 0 bridgehead atoms. The van der Waals surface area contributed by atoms with Crippen LogP contribution in [0.3, 0.4) is 0 Å². The SMILES string of the molecule is O=C(Nc1cccc2c1CCNC2=O)c1cc(-c2cccc(C(F)(F)F)c2)ccn1. The smallest absolute Gasteiger partial charge is 0.352 e. The van der Waals surface area contributed by atoms with Crippen LogP contribution in [0.15, 0.2) is 60.8 Å². The third-order valence-corrected chi connectivity index (χ3v) is 4.85. The van der Waals surface area contributed by atoms with E-state index in [1.807, 2.05) is 0 Å². The van der Waals surface area contributed by atoms with Gasteiger partial charge in [0, 0.05) is 24.0 Å². The Morgan fingerprint density at radius 2 is 1.80 bits per heavy atom. The molecule has 1 aromatic heterocycles. The van der Waals surface area contributed by atoms with E-state index in [1.54, 1.807) is 30.3 Å². The average molecular weight is 411 g/mol. The second-order valence-corrected chi connectivity index (χ2v) is 6.80. The number of fused-ring (bicyclic) bond motifs is 1. The number of amides is 2. The molecule has 5 nitrogen and oxygen atoms in total. The molecule has 2 amide bonds. The summed E-state index contributed by atoms with van der Waals surface area (Å²) >= 11 is 0. The molecular formula is C22H16F3N3O2. The van der Waals surface area contributed by atoms with Crippen LogP contribution in [0.1, 0.15) is 32.0 Å². The minimum Gasteiger partial charge on any atom is -0.352 e. The van der Waals surface area contributed by atoms with Gasteiger partial charge in [-0.25, -0.2) is 0 Å². The molecule has 4 rings (SSSR count). The summed E-state index contributed by atoms with van der Waals surface area (Å²) in [6.45, 7) is 0.474. The van der Waals surface area contributed by atoms with E-state index in [-0.39, 0.29) is 11.6 Å². The molecule has 0 saturated carbocycles. The molecule has 0 saturated heterocycles. The van der Waals surface area contributed by atoms with Crippen molar-refractivity contribution in [3.05, 3.63) is 83.2 Å². The Balaban J connectivity index is 1.62. The van der Waals surface area contributed by atoms with Crippen LogP contribution < -0.4 is 10.6 Å². The first-order chi connectivity index (χ1) is 14.3. The molecule has 30 heavy (non-hydrogen) atoms. The molecule has 0 spiro atoms. The quantitative estimate of drug-likeness (QED) is 0.675. The summed E-state index contributed by atoms with van der Waals surface area (Å²) in [6, 6.07) is 12.9. The Hall–Kier alpha value is -3.68. The standard InChI is InChI=1S/C22H16F3N3O2/c23-22(24,25)15-4-1-3-13(11-15)14-7-9-26-19(12-14)21(30)28-18-6-2-5-17-16(18)8-10-27-20(17)29/h1-7,9,11-12H,8,10H2,(H,27,29)(H,28,30). The van der Waals surface area contributed by atoms with E-state index in [0.29, 0.717) is 35.3 Å². The van der Waals surface area contributed by atoms with Gasteiger partial charge in [0.15, 0.2) is 0 Å². The number of hydrogen-bond acceptors (Lipinski definition) is 3. The van der Waals surface area contributed by atoms with E-state index < -0.39 is 17.6 Å². The number of rotatable bonds is 3. The Labute approximate surface area is 170 Å². The molecule has 0 radical (unpaired) electrons. The number of hydrogen-bond donors (Lipinski definition) is 2. The summed E-state index contributed by atoms with van der Waals surface area (Å²) in [6.07, 6.45) is -2.50. The van der Waals surface area contributed by atoms with Gasteiger partial charge in [0.25, 0.3) is 11.8 Å². The van der Waals surface area contributed by atoms with Crippen LogP contribution in [-0.2, 0) is 12.6 Å². The van der Waals surface area contributed by atoms with E-state index in [2.05, 4.69) is 15.6 Å². The van der Waals surface area contributed by atoms with E-state index >= 15 is 0 Å². The molecule has 1 aliphatic heterocycles. The Kier molecular flexibility index (Phi) is 4.99. The van der Waals surface area contributed by atoms with Gasteiger partial charge in [0.05, 0.1) is 5.56 Å². The second-order valence-electron chi connectivity index (χ2n) is 6.80. The highest BCUT2D eigenvalue weighted by Gasteiger charge is 2.30. The van der Waals surface area contributed by atoms with Crippen LogP contribution in [0.25, 0.3) is 11.1 Å². The summed E-state index contributed by atoms with van der Waals surface area (Å²) in [5.74, 6) is -0.708. The molecule has 152 valence electrons. The summed E-state index contributed by atoms with van der Waals surface area (Å²) < 4.78 is 39.0. The van der Waals surface area contributed by atoms with Crippen molar-refractivity contribution in [2.45, 2.75) is 12.6 Å². The van der Waals surface area contributed by atoms with Crippen molar-refractivity contribution in [3.63, 3.8) is 0 Å². The van der Waals surface area contributed by atoms with E-state index in [9.17, 15) is 22.8 Å². The first-order valence-corrected chi connectivity index (χ1v) is 9.18. The van der Waals surface area contributed by atoms with Gasteiger partial charge in [-0.05, 0) is 59.5 Å². The van der Waals surface area contributed by atoms with Crippen molar-refractivity contribution in [2.75, 3.05) is 11.9 Å². The van der Waals surface area contributed by atoms with Gasteiger partial charge in [0.1, 0.15) is 5.69 Å². The number of nitrogens with one attached hydrogen (secondary N) is 2. The van der Waals surface area contributed by atoms with Crippen LogP contribution in [0.4, 0.5) is 18.9 Å². The lowest BCUT2D eigenvalue weighted by Crippen LogP contribution is -2.32. The molecule has 1 aliphatic rings. The molecule has 0 fully saturated rings. The molecule has 0 atom stereocenters. The number of pyridine rings is 1. The van der Waals surface area contributed by atoms with Crippen molar-refractivity contribution in [1.82, 2.24) is 10.3 Å². The van der Waals surface area contributed by atoms with Crippen LogP contribution in [0, 0.1) is 0 Å². The van der Waals surface area contributed by atoms with Gasteiger partial charge in [-0.2, -0.15) is 13.2 Å². The van der Waals surface area contributed by atoms with Crippen molar-refractivity contribution >= 4 is 17.5 Å². The van der Waals surface area contributed by atoms with Crippen LogP contribution in [0.2, 0.25) is 0 Å². The third-order valence-electron chi connectivity index (χ3n) is 4.85. The zero-order chi connectivity index (χ0) is 21.3. The van der Waals surface area contributed by atoms with Crippen LogP contribution in [0.5, 0.6) is 0 Å². The number of nitrogens with zero attached hydrogens (tertiary/aromatic N) is 1. The number of anilines is 1. The lowest BCUT2D eigenvalue weighted by molar-refractivity contribution is -0.137. The fraction of sp³-hybridized carbons (Fsp3) is 0.136. The predicted molar refractivity (Wildman–Crippen MR) is 105 cm³/mol. The average Bonchev–Trinajstić information content (AvgIpc) is 2.74.